The van der Waals surface area contributed by atoms with Gasteiger partial charge in [-0.2, -0.15) is 0 Å². The van der Waals surface area contributed by atoms with Crippen LogP contribution in [0.25, 0.3) is 0 Å². The van der Waals surface area contributed by atoms with E-state index in [9.17, 15) is 0 Å². The standard InChI is InChI=1S/C9H11N/c1-7-3-4-9(6-10)8(2)5-7/h3-6,10H,1-2H3. The number of nitrogens with one attached hydrogen (secondary N) is 1. The van der Waals surface area contributed by atoms with Gasteiger partial charge < -0.3 is 5.41 Å². The fourth-order valence-electron chi connectivity index (χ4n) is 0.988. The molecule has 1 aromatic carbocycles. The summed E-state index contributed by atoms with van der Waals surface area (Å²) in [6.45, 7) is 4.08. The number of hydrogen-bond donors (Lipinski definition) is 1. The Morgan fingerprint density at radius 2 is 2.00 bits per heavy atom. The van der Waals surface area contributed by atoms with Gasteiger partial charge in [-0.15, -0.1) is 0 Å². The lowest BCUT2D eigenvalue weighted by molar-refractivity contribution is 1.36. The second-order valence-electron chi connectivity index (χ2n) is 2.50. The zero-order chi connectivity index (χ0) is 7.56. The number of rotatable bonds is 1. The summed E-state index contributed by atoms with van der Waals surface area (Å²) in [5.41, 5.74) is 3.43. The van der Waals surface area contributed by atoms with Crippen molar-refractivity contribution in [2.45, 2.75) is 13.8 Å². The number of hydrogen-bond acceptors (Lipinski definition) is 1. The fourth-order valence-corrected chi connectivity index (χ4v) is 0.988. The Kier molecular flexibility index (Phi) is 1.86. The van der Waals surface area contributed by atoms with E-state index in [1.54, 1.807) is 0 Å². The highest BCUT2D eigenvalue weighted by Crippen LogP contribution is 2.07. The molecule has 0 saturated carbocycles. The summed E-state index contributed by atoms with van der Waals surface area (Å²) in [7, 11) is 0. The van der Waals surface area contributed by atoms with Crippen molar-refractivity contribution in [3.63, 3.8) is 0 Å². The molecule has 1 nitrogen and oxygen atoms in total. The zero-order valence-electron chi connectivity index (χ0n) is 6.31. The lowest BCUT2D eigenvalue weighted by atomic mass is 10.1. The summed E-state index contributed by atoms with van der Waals surface area (Å²) < 4.78 is 0. The van der Waals surface area contributed by atoms with E-state index in [0.29, 0.717) is 0 Å². The van der Waals surface area contributed by atoms with Crippen LogP contribution in [0.4, 0.5) is 0 Å². The van der Waals surface area contributed by atoms with E-state index >= 15 is 0 Å². The van der Waals surface area contributed by atoms with Crippen molar-refractivity contribution in [3.8, 4) is 0 Å². The van der Waals surface area contributed by atoms with Crippen LogP contribution in [0.2, 0.25) is 0 Å². The molecule has 1 rings (SSSR count). The Bertz CT molecular complexity index is 251. The summed E-state index contributed by atoms with van der Waals surface area (Å²) in [5, 5.41) is 7.03. The highest BCUT2D eigenvalue weighted by molar-refractivity contribution is 5.79. The molecule has 0 spiro atoms. The van der Waals surface area contributed by atoms with Gasteiger partial charge in [0.25, 0.3) is 0 Å². The second-order valence-corrected chi connectivity index (χ2v) is 2.50. The minimum absolute atomic E-state index is 1.01. The average molecular weight is 133 g/mol. The van der Waals surface area contributed by atoms with Crippen molar-refractivity contribution in [1.29, 1.82) is 5.41 Å². The first-order valence-corrected chi connectivity index (χ1v) is 3.32. The lowest BCUT2D eigenvalue weighted by Gasteiger charge is -1.98. The third-order valence-electron chi connectivity index (χ3n) is 1.58. The van der Waals surface area contributed by atoms with Crippen LogP contribution in [0.5, 0.6) is 0 Å². The van der Waals surface area contributed by atoms with E-state index < -0.39 is 0 Å². The maximum Gasteiger partial charge on any atom is 0.0252 e. The molecule has 0 atom stereocenters. The van der Waals surface area contributed by atoms with Gasteiger partial charge >= 0.3 is 0 Å². The van der Waals surface area contributed by atoms with Crippen molar-refractivity contribution in [1.82, 2.24) is 0 Å². The Balaban J connectivity index is 3.19. The highest BCUT2D eigenvalue weighted by Gasteiger charge is 1.92. The van der Waals surface area contributed by atoms with Crippen LogP contribution >= 0.6 is 0 Å². The van der Waals surface area contributed by atoms with E-state index in [2.05, 4.69) is 13.0 Å². The number of benzene rings is 1. The van der Waals surface area contributed by atoms with Crippen LogP contribution in [-0.2, 0) is 0 Å². The molecule has 0 aliphatic heterocycles. The van der Waals surface area contributed by atoms with E-state index in [4.69, 9.17) is 5.41 Å². The Labute approximate surface area is 61.2 Å². The van der Waals surface area contributed by atoms with Gasteiger partial charge in [-0.3, -0.25) is 0 Å². The van der Waals surface area contributed by atoms with E-state index in [0.717, 1.165) is 5.56 Å². The van der Waals surface area contributed by atoms with Crippen molar-refractivity contribution in [2.75, 3.05) is 0 Å². The lowest BCUT2D eigenvalue weighted by Crippen LogP contribution is -1.85. The molecule has 0 aliphatic carbocycles. The quantitative estimate of drug-likeness (QED) is 0.568. The predicted molar refractivity (Wildman–Crippen MR) is 43.8 cm³/mol. The molecule has 0 unspecified atom stereocenters. The molecule has 0 heterocycles. The summed E-state index contributed by atoms with van der Waals surface area (Å²) in [6, 6.07) is 6.07. The Morgan fingerprint density at radius 3 is 2.50 bits per heavy atom. The predicted octanol–water partition coefficient (Wildman–Crippen LogP) is 2.30. The summed E-state index contributed by atoms with van der Waals surface area (Å²) in [6.07, 6.45) is 1.38. The third kappa shape index (κ3) is 1.24. The molecule has 1 aromatic rings. The molecule has 0 aliphatic rings. The molecule has 0 aromatic heterocycles. The molecule has 0 fully saturated rings. The third-order valence-corrected chi connectivity index (χ3v) is 1.58. The topological polar surface area (TPSA) is 23.9 Å². The van der Waals surface area contributed by atoms with Crippen molar-refractivity contribution < 1.29 is 0 Å². The first-order valence-electron chi connectivity index (χ1n) is 3.32. The van der Waals surface area contributed by atoms with E-state index in [-0.39, 0.29) is 0 Å². The van der Waals surface area contributed by atoms with E-state index in [1.165, 1.54) is 17.3 Å². The summed E-state index contributed by atoms with van der Waals surface area (Å²) >= 11 is 0. The Morgan fingerprint density at radius 1 is 1.30 bits per heavy atom. The zero-order valence-corrected chi connectivity index (χ0v) is 6.31. The average Bonchev–Trinajstić information content (AvgIpc) is 1.88. The van der Waals surface area contributed by atoms with Gasteiger partial charge in [-0.1, -0.05) is 23.8 Å². The molecule has 0 saturated heterocycles. The molecule has 1 heteroatoms. The first-order chi connectivity index (χ1) is 4.74. The maximum absolute atomic E-state index is 7.03. The highest BCUT2D eigenvalue weighted by atomic mass is 14.3. The molecule has 0 radical (unpaired) electrons. The second kappa shape index (κ2) is 2.65. The molecule has 0 amide bonds. The molecule has 10 heavy (non-hydrogen) atoms. The van der Waals surface area contributed by atoms with Crippen molar-refractivity contribution in [3.05, 3.63) is 34.9 Å². The molecular formula is C9H11N. The minimum Gasteiger partial charge on any atom is -0.308 e. The number of aryl methyl sites for hydroxylation is 2. The van der Waals surface area contributed by atoms with Gasteiger partial charge in [0.1, 0.15) is 0 Å². The van der Waals surface area contributed by atoms with Crippen LogP contribution in [0.3, 0.4) is 0 Å². The largest absolute Gasteiger partial charge is 0.308 e. The van der Waals surface area contributed by atoms with Crippen LogP contribution in [0.1, 0.15) is 16.7 Å². The monoisotopic (exact) mass is 133 g/mol. The molecular weight excluding hydrogens is 122 g/mol. The van der Waals surface area contributed by atoms with Crippen molar-refractivity contribution in [2.24, 2.45) is 0 Å². The van der Waals surface area contributed by atoms with Gasteiger partial charge in [-0.05, 0) is 25.0 Å². The van der Waals surface area contributed by atoms with Crippen molar-refractivity contribution >= 4 is 6.21 Å². The van der Waals surface area contributed by atoms with Crippen LogP contribution in [0, 0.1) is 19.3 Å². The normalized spacial score (nSPS) is 9.40. The van der Waals surface area contributed by atoms with Crippen LogP contribution < -0.4 is 0 Å². The molecule has 1 N–H and O–H groups in total. The molecule has 0 bridgehead atoms. The van der Waals surface area contributed by atoms with Crippen LogP contribution in [0.15, 0.2) is 18.2 Å². The first kappa shape index (κ1) is 7.00. The maximum atomic E-state index is 7.03. The fraction of sp³-hybridized carbons (Fsp3) is 0.222. The van der Waals surface area contributed by atoms with Gasteiger partial charge in [0.2, 0.25) is 0 Å². The van der Waals surface area contributed by atoms with Gasteiger partial charge in [0.15, 0.2) is 0 Å². The van der Waals surface area contributed by atoms with Gasteiger partial charge in [0.05, 0.1) is 0 Å². The smallest absolute Gasteiger partial charge is 0.0252 e. The van der Waals surface area contributed by atoms with E-state index in [1.807, 2.05) is 19.1 Å². The summed E-state index contributed by atoms with van der Waals surface area (Å²) in [4.78, 5) is 0. The SMILES string of the molecule is Cc1ccc(C=N)c(C)c1. The minimum atomic E-state index is 1.01. The molecule has 52 valence electrons. The van der Waals surface area contributed by atoms with Gasteiger partial charge in [0, 0.05) is 6.21 Å². The van der Waals surface area contributed by atoms with Crippen LogP contribution in [-0.4, -0.2) is 6.21 Å². The summed E-state index contributed by atoms with van der Waals surface area (Å²) in [5.74, 6) is 0. The van der Waals surface area contributed by atoms with Gasteiger partial charge in [-0.25, -0.2) is 0 Å². The Hall–Kier alpha value is -1.11.